The van der Waals surface area contributed by atoms with Crippen LogP contribution < -0.4 is 0 Å². The molecule has 0 bridgehead atoms. The summed E-state index contributed by atoms with van der Waals surface area (Å²) >= 11 is 0. The third kappa shape index (κ3) is 3.51. The van der Waals surface area contributed by atoms with E-state index in [0.29, 0.717) is 0 Å². The van der Waals surface area contributed by atoms with Crippen molar-refractivity contribution in [2.75, 3.05) is 0 Å². The van der Waals surface area contributed by atoms with Crippen LogP contribution >= 0.6 is 0 Å². The fourth-order valence-corrected chi connectivity index (χ4v) is 3.99. The van der Waals surface area contributed by atoms with Crippen LogP contribution in [0.1, 0.15) is 81.4 Å². The molecule has 1 aromatic heterocycles. The largest absolute Gasteiger partial charge is 0.358 e. The Balaban J connectivity index is 1.81. The van der Waals surface area contributed by atoms with Crippen LogP contribution in [0.4, 0.5) is 0 Å². The highest BCUT2D eigenvalue weighted by Gasteiger charge is 2.17. The average molecular weight is 283 g/mol. The minimum atomic E-state index is 0.746. The van der Waals surface area contributed by atoms with Crippen molar-refractivity contribution in [1.29, 1.82) is 0 Å². The van der Waals surface area contributed by atoms with E-state index in [1.165, 1.54) is 86.4 Å². The number of aromatic nitrogens is 1. The molecule has 0 saturated heterocycles. The second-order valence-electron chi connectivity index (χ2n) is 6.81. The normalized spacial score (nSPS) is 19.5. The van der Waals surface area contributed by atoms with E-state index in [2.05, 4.69) is 36.2 Å². The summed E-state index contributed by atoms with van der Waals surface area (Å²) in [6.45, 7) is 2.30. The monoisotopic (exact) mass is 283 g/mol. The van der Waals surface area contributed by atoms with Gasteiger partial charge in [0.2, 0.25) is 0 Å². The van der Waals surface area contributed by atoms with Gasteiger partial charge in [0.15, 0.2) is 0 Å². The van der Waals surface area contributed by atoms with Crippen molar-refractivity contribution in [3.63, 3.8) is 0 Å². The van der Waals surface area contributed by atoms with Gasteiger partial charge >= 0.3 is 0 Å². The number of nitrogens with one attached hydrogen (secondary N) is 1. The second kappa shape index (κ2) is 7.15. The predicted molar refractivity (Wildman–Crippen MR) is 91.9 cm³/mol. The van der Waals surface area contributed by atoms with Gasteiger partial charge in [-0.05, 0) is 37.3 Å². The zero-order valence-corrected chi connectivity index (χ0v) is 13.5. The van der Waals surface area contributed by atoms with Gasteiger partial charge in [0.25, 0.3) is 0 Å². The molecule has 0 atom stereocenters. The van der Waals surface area contributed by atoms with Crippen molar-refractivity contribution in [3.8, 4) is 0 Å². The zero-order valence-electron chi connectivity index (χ0n) is 13.5. The molecule has 0 spiro atoms. The van der Waals surface area contributed by atoms with Crippen molar-refractivity contribution in [2.45, 2.75) is 77.0 Å². The Hall–Kier alpha value is -1.24. The van der Waals surface area contributed by atoms with Crippen molar-refractivity contribution in [3.05, 3.63) is 35.5 Å². The summed E-state index contributed by atoms with van der Waals surface area (Å²) in [5.41, 5.74) is 4.33. The molecule has 1 aromatic carbocycles. The minimum absolute atomic E-state index is 0.746. The Kier molecular flexibility index (Phi) is 5.00. The fourth-order valence-electron chi connectivity index (χ4n) is 3.99. The first kappa shape index (κ1) is 14.7. The number of rotatable bonds is 1. The summed E-state index contributed by atoms with van der Waals surface area (Å²) in [7, 11) is 0. The third-order valence-electron chi connectivity index (χ3n) is 5.27. The minimum Gasteiger partial charge on any atom is -0.358 e. The van der Waals surface area contributed by atoms with E-state index >= 15 is 0 Å². The van der Waals surface area contributed by atoms with Crippen molar-refractivity contribution in [2.24, 2.45) is 0 Å². The van der Waals surface area contributed by atoms with Crippen LogP contribution in [0.15, 0.2) is 24.3 Å². The molecule has 0 amide bonds. The Labute approximate surface area is 129 Å². The van der Waals surface area contributed by atoms with Gasteiger partial charge in [-0.25, -0.2) is 0 Å². The maximum atomic E-state index is 3.73. The van der Waals surface area contributed by atoms with Crippen molar-refractivity contribution < 1.29 is 0 Å². The molecule has 1 heterocycles. The standard InChI is InChI=1S/C20H29N/c1-16-18-14-10-11-15-19(18)21-20(16)17-12-8-6-4-2-3-5-7-9-13-17/h10-11,14-15,17,21H,2-9,12-13H2,1H3. The summed E-state index contributed by atoms with van der Waals surface area (Å²) < 4.78 is 0. The number of aryl methyl sites for hydroxylation is 1. The van der Waals surface area contributed by atoms with Gasteiger partial charge in [0.05, 0.1) is 0 Å². The molecule has 3 rings (SSSR count). The van der Waals surface area contributed by atoms with Gasteiger partial charge in [0, 0.05) is 16.6 Å². The van der Waals surface area contributed by atoms with E-state index in [9.17, 15) is 0 Å². The Morgan fingerprint density at radius 3 is 2.00 bits per heavy atom. The first-order chi connectivity index (χ1) is 10.4. The molecular weight excluding hydrogens is 254 g/mol. The Morgan fingerprint density at radius 2 is 1.38 bits per heavy atom. The molecule has 1 heteroatoms. The first-order valence-electron chi connectivity index (χ1n) is 8.93. The number of para-hydroxylation sites is 1. The number of hydrogen-bond donors (Lipinski definition) is 1. The molecule has 1 fully saturated rings. The van der Waals surface area contributed by atoms with Crippen LogP contribution in [0, 0.1) is 6.92 Å². The molecule has 1 nitrogen and oxygen atoms in total. The molecule has 0 aliphatic heterocycles. The fraction of sp³-hybridized carbons (Fsp3) is 0.600. The van der Waals surface area contributed by atoms with Crippen molar-refractivity contribution in [1.82, 2.24) is 4.98 Å². The van der Waals surface area contributed by atoms with Crippen LogP contribution in [0.25, 0.3) is 10.9 Å². The summed E-state index contributed by atoms with van der Waals surface area (Å²) in [6, 6.07) is 8.77. The average Bonchev–Trinajstić information content (AvgIpc) is 2.81. The predicted octanol–water partition coefficient (Wildman–Crippen LogP) is 6.47. The number of benzene rings is 1. The highest BCUT2D eigenvalue weighted by molar-refractivity contribution is 5.84. The summed E-state index contributed by atoms with van der Waals surface area (Å²) in [6.07, 6.45) is 14.2. The number of H-pyrrole nitrogens is 1. The van der Waals surface area contributed by atoms with Gasteiger partial charge in [-0.3, -0.25) is 0 Å². The summed E-state index contributed by atoms with van der Waals surface area (Å²) in [4.78, 5) is 3.73. The van der Waals surface area contributed by atoms with Crippen molar-refractivity contribution >= 4 is 10.9 Å². The van der Waals surface area contributed by atoms with Crippen LogP contribution in [0.3, 0.4) is 0 Å². The Bertz CT molecular complexity index is 554. The quantitative estimate of drug-likeness (QED) is 0.617. The molecule has 2 aromatic rings. The molecule has 1 saturated carbocycles. The van der Waals surface area contributed by atoms with Gasteiger partial charge < -0.3 is 4.98 Å². The highest BCUT2D eigenvalue weighted by atomic mass is 14.7. The van der Waals surface area contributed by atoms with E-state index in [1.807, 2.05) is 0 Å². The maximum Gasteiger partial charge on any atom is 0.0458 e. The van der Waals surface area contributed by atoms with E-state index < -0.39 is 0 Å². The second-order valence-corrected chi connectivity index (χ2v) is 6.81. The smallest absolute Gasteiger partial charge is 0.0458 e. The van der Waals surface area contributed by atoms with Gasteiger partial charge in [0.1, 0.15) is 0 Å². The molecule has 114 valence electrons. The molecule has 0 radical (unpaired) electrons. The summed E-state index contributed by atoms with van der Waals surface area (Å²) in [5, 5.41) is 1.42. The molecule has 1 aliphatic carbocycles. The highest BCUT2D eigenvalue weighted by Crippen LogP contribution is 2.34. The lowest BCUT2D eigenvalue weighted by atomic mass is 9.90. The van der Waals surface area contributed by atoms with Gasteiger partial charge in [-0.1, -0.05) is 69.6 Å². The number of fused-ring (bicyclic) bond motifs is 1. The van der Waals surface area contributed by atoms with E-state index in [1.54, 1.807) is 0 Å². The Morgan fingerprint density at radius 1 is 0.810 bits per heavy atom. The molecule has 1 N–H and O–H groups in total. The van der Waals surface area contributed by atoms with Crippen LogP contribution in [0.5, 0.6) is 0 Å². The first-order valence-corrected chi connectivity index (χ1v) is 8.93. The number of hydrogen-bond acceptors (Lipinski definition) is 0. The molecule has 1 aliphatic rings. The van der Waals surface area contributed by atoms with Gasteiger partial charge in [-0.15, -0.1) is 0 Å². The lowest BCUT2D eigenvalue weighted by Crippen LogP contribution is -2.02. The van der Waals surface area contributed by atoms with Crippen LogP contribution in [0.2, 0.25) is 0 Å². The molecular formula is C20H29N. The lowest BCUT2D eigenvalue weighted by Gasteiger charge is -2.16. The van der Waals surface area contributed by atoms with E-state index in [4.69, 9.17) is 0 Å². The van der Waals surface area contributed by atoms with Crippen LogP contribution in [-0.4, -0.2) is 4.98 Å². The summed E-state index contributed by atoms with van der Waals surface area (Å²) in [5.74, 6) is 0.746. The zero-order chi connectivity index (χ0) is 14.5. The van der Waals surface area contributed by atoms with E-state index in [0.717, 1.165) is 5.92 Å². The van der Waals surface area contributed by atoms with Crippen LogP contribution in [-0.2, 0) is 0 Å². The third-order valence-corrected chi connectivity index (χ3v) is 5.27. The number of aromatic amines is 1. The van der Waals surface area contributed by atoms with Gasteiger partial charge in [-0.2, -0.15) is 0 Å². The molecule has 21 heavy (non-hydrogen) atoms. The lowest BCUT2D eigenvalue weighted by molar-refractivity contribution is 0.506. The van der Waals surface area contributed by atoms with E-state index in [-0.39, 0.29) is 0 Å². The molecule has 0 unspecified atom stereocenters. The topological polar surface area (TPSA) is 15.8 Å². The SMILES string of the molecule is Cc1c(C2CCCCCCCCCC2)[nH]c2ccccc12. The maximum absolute atomic E-state index is 3.73.